The maximum atomic E-state index is 11.7. The molecule has 1 saturated carbocycles. The molecular formula is C18H32O4. The number of esters is 2. The summed E-state index contributed by atoms with van der Waals surface area (Å²) in [6, 6.07) is 0. The average Bonchev–Trinajstić information content (AvgIpc) is 2.51. The molecule has 4 heteroatoms. The van der Waals surface area contributed by atoms with Crippen molar-refractivity contribution in [2.75, 3.05) is 6.61 Å². The van der Waals surface area contributed by atoms with Crippen LogP contribution in [0.1, 0.15) is 78.6 Å². The van der Waals surface area contributed by atoms with E-state index in [0.717, 1.165) is 6.42 Å². The zero-order chi connectivity index (χ0) is 16.4. The molecule has 0 radical (unpaired) electrons. The van der Waals surface area contributed by atoms with E-state index in [-0.39, 0.29) is 18.0 Å². The Balaban J connectivity index is 2.09. The first-order valence-electron chi connectivity index (χ1n) is 8.88. The molecule has 0 N–H and O–H groups in total. The van der Waals surface area contributed by atoms with E-state index < -0.39 is 0 Å². The van der Waals surface area contributed by atoms with E-state index in [2.05, 4.69) is 0 Å². The molecule has 1 rings (SSSR count). The molecule has 4 nitrogen and oxygen atoms in total. The minimum absolute atomic E-state index is 0.0225. The zero-order valence-corrected chi connectivity index (χ0v) is 14.4. The number of carbonyl (C=O) groups excluding carboxylic acids is 2. The fourth-order valence-electron chi connectivity index (χ4n) is 2.93. The molecule has 1 aliphatic rings. The highest BCUT2D eigenvalue weighted by Gasteiger charge is 2.17. The average molecular weight is 312 g/mol. The van der Waals surface area contributed by atoms with Gasteiger partial charge in [-0.2, -0.15) is 0 Å². The van der Waals surface area contributed by atoms with Gasteiger partial charge in [0.05, 0.1) is 6.61 Å². The van der Waals surface area contributed by atoms with Gasteiger partial charge in [-0.15, -0.1) is 0 Å². The molecular weight excluding hydrogens is 280 g/mol. The molecule has 0 saturated heterocycles. The van der Waals surface area contributed by atoms with Crippen molar-refractivity contribution in [2.24, 2.45) is 11.8 Å². The molecule has 1 atom stereocenters. The van der Waals surface area contributed by atoms with Crippen LogP contribution in [0.5, 0.6) is 0 Å². The molecule has 22 heavy (non-hydrogen) atoms. The molecule has 0 spiro atoms. The summed E-state index contributed by atoms with van der Waals surface area (Å²) < 4.78 is 10.7. The third-order valence-electron chi connectivity index (χ3n) is 4.40. The van der Waals surface area contributed by atoms with E-state index in [0.29, 0.717) is 37.7 Å². The van der Waals surface area contributed by atoms with Crippen LogP contribution in [0.4, 0.5) is 0 Å². The van der Waals surface area contributed by atoms with Crippen molar-refractivity contribution in [1.82, 2.24) is 0 Å². The van der Waals surface area contributed by atoms with Crippen molar-refractivity contribution >= 4 is 11.9 Å². The van der Waals surface area contributed by atoms with Gasteiger partial charge in [0.15, 0.2) is 0 Å². The van der Waals surface area contributed by atoms with Gasteiger partial charge in [-0.1, -0.05) is 40.0 Å². The Labute approximate surface area is 134 Å². The summed E-state index contributed by atoms with van der Waals surface area (Å²) >= 11 is 0. The SMILES string of the molecule is CCC(OC(=O)CCCC(=O)OCC1CCCCC1)C(C)C. The van der Waals surface area contributed by atoms with Gasteiger partial charge in [0.25, 0.3) is 0 Å². The monoisotopic (exact) mass is 312 g/mol. The smallest absolute Gasteiger partial charge is 0.306 e. The van der Waals surface area contributed by atoms with Gasteiger partial charge in [-0.3, -0.25) is 9.59 Å². The first kappa shape index (κ1) is 19.0. The molecule has 0 bridgehead atoms. The fraction of sp³-hybridized carbons (Fsp3) is 0.889. The van der Waals surface area contributed by atoms with E-state index in [1.807, 2.05) is 20.8 Å². The highest BCUT2D eigenvalue weighted by molar-refractivity contribution is 5.72. The second-order valence-corrected chi connectivity index (χ2v) is 6.72. The maximum absolute atomic E-state index is 11.7. The summed E-state index contributed by atoms with van der Waals surface area (Å²) in [6.45, 7) is 6.66. The minimum Gasteiger partial charge on any atom is -0.465 e. The van der Waals surface area contributed by atoms with Gasteiger partial charge in [0.1, 0.15) is 6.10 Å². The first-order valence-corrected chi connectivity index (χ1v) is 8.88. The van der Waals surface area contributed by atoms with Crippen molar-refractivity contribution < 1.29 is 19.1 Å². The van der Waals surface area contributed by atoms with Gasteiger partial charge < -0.3 is 9.47 Å². The van der Waals surface area contributed by atoms with Crippen LogP contribution in [0.3, 0.4) is 0 Å². The summed E-state index contributed by atoms with van der Waals surface area (Å²) in [4.78, 5) is 23.4. The van der Waals surface area contributed by atoms with Gasteiger partial charge >= 0.3 is 11.9 Å². The summed E-state index contributed by atoms with van der Waals surface area (Å²) in [5.74, 6) is 0.475. The number of hydrogen-bond acceptors (Lipinski definition) is 4. The van der Waals surface area contributed by atoms with Crippen molar-refractivity contribution in [3.8, 4) is 0 Å². The third kappa shape index (κ3) is 7.81. The van der Waals surface area contributed by atoms with Gasteiger partial charge in [0.2, 0.25) is 0 Å². The standard InChI is InChI=1S/C18H32O4/c1-4-16(14(2)3)22-18(20)12-8-11-17(19)21-13-15-9-6-5-7-10-15/h14-16H,4-13H2,1-3H3. The Bertz CT molecular complexity index is 332. The number of ether oxygens (including phenoxy) is 2. The van der Waals surface area contributed by atoms with Crippen molar-refractivity contribution in [3.63, 3.8) is 0 Å². The second kappa shape index (κ2) is 10.6. The van der Waals surface area contributed by atoms with Crippen LogP contribution in [-0.2, 0) is 19.1 Å². The number of hydrogen-bond donors (Lipinski definition) is 0. The van der Waals surface area contributed by atoms with Crippen LogP contribution in [-0.4, -0.2) is 24.6 Å². The third-order valence-corrected chi connectivity index (χ3v) is 4.40. The van der Waals surface area contributed by atoms with Gasteiger partial charge in [0, 0.05) is 12.8 Å². The molecule has 0 aromatic carbocycles. The predicted molar refractivity (Wildman–Crippen MR) is 86.4 cm³/mol. The van der Waals surface area contributed by atoms with E-state index >= 15 is 0 Å². The zero-order valence-electron chi connectivity index (χ0n) is 14.4. The lowest BCUT2D eigenvalue weighted by atomic mass is 9.90. The maximum Gasteiger partial charge on any atom is 0.306 e. The van der Waals surface area contributed by atoms with Crippen LogP contribution in [0.15, 0.2) is 0 Å². The molecule has 128 valence electrons. The predicted octanol–water partition coefficient (Wildman–Crippen LogP) is 4.26. The molecule has 0 heterocycles. The topological polar surface area (TPSA) is 52.6 Å². The lowest BCUT2D eigenvalue weighted by Gasteiger charge is -2.21. The quantitative estimate of drug-likeness (QED) is 0.597. The van der Waals surface area contributed by atoms with Crippen molar-refractivity contribution in [3.05, 3.63) is 0 Å². The Hall–Kier alpha value is -1.06. The molecule has 1 aliphatic carbocycles. The van der Waals surface area contributed by atoms with Crippen LogP contribution in [0.25, 0.3) is 0 Å². The molecule has 0 aliphatic heterocycles. The lowest BCUT2D eigenvalue weighted by molar-refractivity contribution is -0.152. The van der Waals surface area contributed by atoms with Crippen molar-refractivity contribution in [1.29, 1.82) is 0 Å². The Morgan fingerprint density at radius 3 is 2.27 bits per heavy atom. The fourth-order valence-corrected chi connectivity index (χ4v) is 2.93. The largest absolute Gasteiger partial charge is 0.465 e. The van der Waals surface area contributed by atoms with E-state index in [9.17, 15) is 9.59 Å². The van der Waals surface area contributed by atoms with E-state index in [1.165, 1.54) is 32.1 Å². The lowest BCUT2D eigenvalue weighted by Crippen LogP contribution is -2.23. The summed E-state index contributed by atoms with van der Waals surface area (Å²) in [7, 11) is 0. The Morgan fingerprint density at radius 1 is 1.05 bits per heavy atom. The highest BCUT2D eigenvalue weighted by atomic mass is 16.5. The van der Waals surface area contributed by atoms with E-state index in [1.54, 1.807) is 0 Å². The number of carbonyl (C=O) groups is 2. The highest BCUT2D eigenvalue weighted by Crippen LogP contribution is 2.23. The molecule has 1 fully saturated rings. The van der Waals surface area contributed by atoms with Crippen LogP contribution in [0, 0.1) is 11.8 Å². The number of rotatable bonds is 9. The van der Waals surface area contributed by atoms with E-state index in [4.69, 9.17) is 9.47 Å². The first-order chi connectivity index (χ1) is 10.5. The summed E-state index contributed by atoms with van der Waals surface area (Å²) in [5.41, 5.74) is 0. The molecule has 0 amide bonds. The van der Waals surface area contributed by atoms with Gasteiger partial charge in [-0.05, 0) is 37.5 Å². The minimum atomic E-state index is -0.208. The van der Waals surface area contributed by atoms with Crippen LogP contribution >= 0.6 is 0 Å². The summed E-state index contributed by atoms with van der Waals surface area (Å²) in [5, 5.41) is 0. The van der Waals surface area contributed by atoms with Crippen LogP contribution < -0.4 is 0 Å². The van der Waals surface area contributed by atoms with Crippen molar-refractivity contribution in [2.45, 2.75) is 84.7 Å². The molecule has 0 aromatic heterocycles. The second-order valence-electron chi connectivity index (χ2n) is 6.72. The molecule has 1 unspecified atom stereocenters. The Morgan fingerprint density at radius 2 is 1.68 bits per heavy atom. The normalized spacial score (nSPS) is 17.3. The Kier molecular flexibility index (Phi) is 9.17. The van der Waals surface area contributed by atoms with Gasteiger partial charge in [-0.25, -0.2) is 0 Å². The summed E-state index contributed by atoms with van der Waals surface area (Å²) in [6.07, 6.45) is 8.07. The van der Waals surface area contributed by atoms with Crippen LogP contribution in [0.2, 0.25) is 0 Å². The molecule has 0 aromatic rings.